The quantitative estimate of drug-likeness (QED) is 0.662. The number of nitrogens with two attached hydrogens (primary N) is 1. The van der Waals surface area contributed by atoms with Crippen LogP contribution in [0.25, 0.3) is 11.1 Å². The van der Waals surface area contributed by atoms with Gasteiger partial charge in [0.2, 0.25) is 0 Å². The summed E-state index contributed by atoms with van der Waals surface area (Å²) >= 11 is 0. The first-order valence-electron chi connectivity index (χ1n) is 6.23. The number of hydrogen-bond acceptors (Lipinski definition) is 2. The molecule has 0 fully saturated rings. The second-order valence-electron chi connectivity index (χ2n) is 4.40. The van der Waals surface area contributed by atoms with Gasteiger partial charge < -0.3 is 5.73 Å². The SMILES string of the molecule is NC(=O)NN=Cc1ccccc1-c1cccc(C(F)(F)F)c1. The van der Waals surface area contributed by atoms with Crippen LogP contribution in [0, 0.1) is 0 Å². The summed E-state index contributed by atoms with van der Waals surface area (Å²) in [4.78, 5) is 10.6. The fourth-order valence-corrected chi connectivity index (χ4v) is 1.90. The first-order valence-corrected chi connectivity index (χ1v) is 6.23. The maximum absolute atomic E-state index is 12.8. The molecule has 2 amide bonds. The largest absolute Gasteiger partial charge is 0.416 e. The van der Waals surface area contributed by atoms with Crippen molar-refractivity contribution in [2.24, 2.45) is 10.8 Å². The van der Waals surface area contributed by atoms with Crippen LogP contribution in [-0.4, -0.2) is 12.2 Å². The first-order chi connectivity index (χ1) is 10.4. The molecule has 0 atom stereocenters. The molecule has 2 rings (SSSR count). The average Bonchev–Trinajstić information content (AvgIpc) is 2.47. The Morgan fingerprint density at radius 3 is 2.55 bits per heavy atom. The van der Waals surface area contributed by atoms with Gasteiger partial charge in [0, 0.05) is 5.56 Å². The van der Waals surface area contributed by atoms with E-state index in [9.17, 15) is 18.0 Å². The topological polar surface area (TPSA) is 67.5 Å². The zero-order chi connectivity index (χ0) is 16.2. The third-order valence-corrected chi connectivity index (χ3v) is 2.84. The Bertz CT molecular complexity index is 711. The van der Waals surface area contributed by atoms with Gasteiger partial charge in [-0.1, -0.05) is 36.4 Å². The third-order valence-electron chi connectivity index (χ3n) is 2.84. The second-order valence-corrected chi connectivity index (χ2v) is 4.40. The van der Waals surface area contributed by atoms with Crippen molar-refractivity contribution in [2.75, 3.05) is 0 Å². The molecule has 2 aromatic rings. The predicted molar refractivity (Wildman–Crippen MR) is 77.2 cm³/mol. The van der Waals surface area contributed by atoms with Gasteiger partial charge in [0.15, 0.2) is 0 Å². The van der Waals surface area contributed by atoms with Crippen molar-refractivity contribution in [3.05, 3.63) is 59.7 Å². The van der Waals surface area contributed by atoms with Crippen LogP contribution in [0.4, 0.5) is 18.0 Å². The highest BCUT2D eigenvalue weighted by Crippen LogP contribution is 2.32. The Kier molecular flexibility index (Phi) is 4.45. The van der Waals surface area contributed by atoms with Crippen LogP contribution in [0.5, 0.6) is 0 Å². The number of nitrogens with one attached hydrogen (secondary N) is 1. The minimum Gasteiger partial charge on any atom is -0.350 e. The number of amides is 2. The van der Waals surface area contributed by atoms with Crippen molar-refractivity contribution in [1.29, 1.82) is 0 Å². The maximum atomic E-state index is 12.8. The first kappa shape index (κ1) is 15.6. The molecule has 0 saturated carbocycles. The summed E-state index contributed by atoms with van der Waals surface area (Å²) < 4.78 is 38.4. The molecule has 0 aliphatic rings. The van der Waals surface area contributed by atoms with E-state index >= 15 is 0 Å². The van der Waals surface area contributed by atoms with Gasteiger partial charge in [0.1, 0.15) is 0 Å². The summed E-state index contributed by atoms with van der Waals surface area (Å²) in [5, 5.41) is 3.63. The lowest BCUT2D eigenvalue weighted by molar-refractivity contribution is -0.137. The van der Waals surface area contributed by atoms with E-state index in [4.69, 9.17) is 5.73 Å². The number of halogens is 3. The van der Waals surface area contributed by atoms with E-state index in [1.807, 2.05) is 5.43 Å². The highest BCUT2D eigenvalue weighted by Gasteiger charge is 2.30. The number of hydrogen-bond donors (Lipinski definition) is 2. The molecule has 4 nitrogen and oxygen atoms in total. The van der Waals surface area contributed by atoms with E-state index in [1.54, 1.807) is 30.3 Å². The predicted octanol–water partition coefficient (Wildman–Crippen LogP) is 3.37. The van der Waals surface area contributed by atoms with Crippen LogP contribution >= 0.6 is 0 Å². The molecule has 22 heavy (non-hydrogen) atoms. The Morgan fingerprint density at radius 2 is 1.86 bits per heavy atom. The summed E-state index contributed by atoms with van der Waals surface area (Å²) in [5.74, 6) is 0. The van der Waals surface area contributed by atoms with Gasteiger partial charge in [-0.2, -0.15) is 18.3 Å². The van der Waals surface area contributed by atoms with Gasteiger partial charge in [0.25, 0.3) is 0 Å². The summed E-state index contributed by atoms with van der Waals surface area (Å²) in [6.45, 7) is 0. The van der Waals surface area contributed by atoms with Gasteiger partial charge in [-0.15, -0.1) is 0 Å². The molecule has 0 radical (unpaired) electrons. The van der Waals surface area contributed by atoms with Gasteiger partial charge in [-0.25, -0.2) is 10.2 Å². The molecule has 0 aliphatic heterocycles. The Labute approximate surface area is 124 Å². The monoisotopic (exact) mass is 307 g/mol. The van der Waals surface area contributed by atoms with E-state index < -0.39 is 17.8 Å². The van der Waals surface area contributed by atoms with Crippen LogP contribution in [0.15, 0.2) is 53.6 Å². The number of primary amides is 1. The Hall–Kier alpha value is -2.83. The van der Waals surface area contributed by atoms with E-state index in [2.05, 4.69) is 5.10 Å². The fourth-order valence-electron chi connectivity index (χ4n) is 1.90. The molecule has 0 saturated heterocycles. The summed E-state index contributed by atoms with van der Waals surface area (Å²) in [6.07, 6.45) is -3.09. The molecular weight excluding hydrogens is 295 g/mol. The second kappa shape index (κ2) is 6.30. The number of carbonyl (C=O) groups excluding carboxylic acids is 1. The molecule has 0 aromatic heterocycles. The third kappa shape index (κ3) is 3.85. The Balaban J connectivity index is 2.41. The van der Waals surface area contributed by atoms with Crippen LogP contribution < -0.4 is 11.2 Å². The molecule has 0 bridgehead atoms. The number of benzene rings is 2. The van der Waals surface area contributed by atoms with Gasteiger partial charge in [0.05, 0.1) is 11.8 Å². The number of alkyl halides is 3. The van der Waals surface area contributed by atoms with Crippen LogP contribution in [0.3, 0.4) is 0 Å². The molecular formula is C15H12F3N3O. The average molecular weight is 307 g/mol. The minimum absolute atomic E-state index is 0.399. The van der Waals surface area contributed by atoms with E-state index in [0.717, 1.165) is 12.1 Å². The zero-order valence-electron chi connectivity index (χ0n) is 11.3. The summed E-state index contributed by atoms with van der Waals surface area (Å²) in [7, 11) is 0. The number of hydrazone groups is 1. The van der Waals surface area contributed by atoms with Crippen molar-refractivity contribution in [3.8, 4) is 11.1 Å². The molecule has 0 aliphatic carbocycles. The molecule has 114 valence electrons. The standard InChI is InChI=1S/C15H12F3N3O/c16-15(17,18)12-6-3-5-10(8-12)13-7-2-1-4-11(13)9-20-21-14(19)22/h1-9H,(H3,19,21,22). The molecule has 7 heteroatoms. The molecule has 3 N–H and O–H groups in total. The van der Waals surface area contributed by atoms with Gasteiger partial charge in [-0.05, 0) is 23.3 Å². The van der Waals surface area contributed by atoms with E-state index in [1.165, 1.54) is 12.3 Å². The van der Waals surface area contributed by atoms with E-state index in [0.29, 0.717) is 16.7 Å². The van der Waals surface area contributed by atoms with Crippen molar-refractivity contribution in [3.63, 3.8) is 0 Å². The molecule has 0 spiro atoms. The van der Waals surface area contributed by atoms with Crippen molar-refractivity contribution < 1.29 is 18.0 Å². The number of urea groups is 1. The van der Waals surface area contributed by atoms with Gasteiger partial charge >= 0.3 is 12.2 Å². The highest BCUT2D eigenvalue weighted by molar-refractivity contribution is 5.91. The number of carbonyl (C=O) groups is 1. The lowest BCUT2D eigenvalue weighted by Gasteiger charge is -2.10. The minimum atomic E-state index is -4.41. The normalized spacial score (nSPS) is 11.6. The van der Waals surface area contributed by atoms with Crippen LogP contribution in [0.1, 0.15) is 11.1 Å². The molecule has 2 aromatic carbocycles. The zero-order valence-corrected chi connectivity index (χ0v) is 11.3. The molecule has 0 unspecified atom stereocenters. The highest BCUT2D eigenvalue weighted by atomic mass is 19.4. The van der Waals surface area contributed by atoms with Crippen LogP contribution in [0.2, 0.25) is 0 Å². The Morgan fingerprint density at radius 1 is 1.14 bits per heavy atom. The smallest absolute Gasteiger partial charge is 0.350 e. The van der Waals surface area contributed by atoms with E-state index in [-0.39, 0.29) is 0 Å². The fraction of sp³-hybridized carbons (Fsp3) is 0.0667. The van der Waals surface area contributed by atoms with Crippen LogP contribution in [-0.2, 0) is 6.18 Å². The summed E-state index contributed by atoms with van der Waals surface area (Å²) in [6, 6.07) is 10.9. The number of nitrogens with zero attached hydrogens (tertiary/aromatic N) is 1. The van der Waals surface area contributed by atoms with Crippen molar-refractivity contribution in [1.82, 2.24) is 5.43 Å². The molecule has 0 heterocycles. The van der Waals surface area contributed by atoms with Crippen molar-refractivity contribution in [2.45, 2.75) is 6.18 Å². The lowest BCUT2D eigenvalue weighted by atomic mass is 9.98. The summed E-state index contributed by atoms with van der Waals surface area (Å²) in [5.41, 5.74) is 7.70. The van der Waals surface area contributed by atoms with Gasteiger partial charge in [-0.3, -0.25) is 0 Å². The van der Waals surface area contributed by atoms with Crippen molar-refractivity contribution >= 4 is 12.2 Å². The lowest BCUT2D eigenvalue weighted by Crippen LogP contribution is -2.24. The maximum Gasteiger partial charge on any atom is 0.416 e. The number of rotatable bonds is 3.